The smallest absolute Gasteiger partial charge is 0.231 e. The molecule has 1 aliphatic rings. The lowest BCUT2D eigenvalue weighted by molar-refractivity contribution is -0.122. The second kappa shape index (κ2) is 6.18. The van der Waals surface area contributed by atoms with Gasteiger partial charge in [-0.25, -0.2) is 4.98 Å². The van der Waals surface area contributed by atoms with Crippen LogP contribution in [0.2, 0.25) is 0 Å². The molecule has 0 aliphatic carbocycles. The summed E-state index contributed by atoms with van der Waals surface area (Å²) in [5.74, 6) is -0.552. The zero-order valence-electron chi connectivity index (χ0n) is 11.9. The molecular formula is C15H14BrN3O2S. The maximum Gasteiger partial charge on any atom is 0.231 e. The topological polar surface area (TPSA) is 62.3 Å². The highest BCUT2D eigenvalue weighted by Crippen LogP contribution is 2.31. The van der Waals surface area contributed by atoms with E-state index in [-0.39, 0.29) is 24.2 Å². The first kappa shape index (κ1) is 15.2. The van der Waals surface area contributed by atoms with Crippen molar-refractivity contribution >= 4 is 49.9 Å². The predicted octanol–water partition coefficient (Wildman–Crippen LogP) is 3.21. The maximum absolute atomic E-state index is 12.3. The van der Waals surface area contributed by atoms with Crippen LogP contribution in [0.3, 0.4) is 0 Å². The fourth-order valence-corrected chi connectivity index (χ4v) is 3.57. The molecule has 5 nitrogen and oxygen atoms in total. The number of anilines is 2. The van der Waals surface area contributed by atoms with Crippen LogP contribution >= 0.6 is 27.3 Å². The van der Waals surface area contributed by atoms with Gasteiger partial charge in [0.2, 0.25) is 11.8 Å². The fourth-order valence-electron chi connectivity index (χ4n) is 2.41. The Labute approximate surface area is 140 Å². The van der Waals surface area contributed by atoms with Crippen molar-refractivity contribution in [3.63, 3.8) is 0 Å². The van der Waals surface area contributed by atoms with E-state index in [9.17, 15) is 9.59 Å². The van der Waals surface area contributed by atoms with E-state index < -0.39 is 0 Å². The molecule has 2 amide bonds. The number of para-hydroxylation sites is 1. The SMILES string of the molecule is Cc1cnc(NC(=O)C2CC(=O)N(c3ccccc3Br)C2)s1. The van der Waals surface area contributed by atoms with Crippen molar-refractivity contribution in [3.8, 4) is 0 Å². The minimum atomic E-state index is -0.358. The van der Waals surface area contributed by atoms with Gasteiger partial charge in [0.05, 0.1) is 11.6 Å². The van der Waals surface area contributed by atoms with Gasteiger partial charge in [-0.2, -0.15) is 0 Å². The number of amides is 2. The molecule has 0 spiro atoms. The predicted molar refractivity (Wildman–Crippen MR) is 90.1 cm³/mol. The van der Waals surface area contributed by atoms with Crippen LogP contribution in [0.1, 0.15) is 11.3 Å². The van der Waals surface area contributed by atoms with Gasteiger partial charge in [-0.15, -0.1) is 11.3 Å². The first-order valence-corrected chi connectivity index (χ1v) is 8.43. The third-order valence-electron chi connectivity index (χ3n) is 3.49. The van der Waals surface area contributed by atoms with E-state index in [1.54, 1.807) is 11.1 Å². The fraction of sp³-hybridized carbons (Fsp3) is 0.267. The molecule has 0 radical (unpaired) electrons. The number of aromatic nitrogens is 1. The Balaban J connectivity index is 1.71. The lowest BCUT2D eigenvalue weighted by Gasteiger charge is -2.18. The van der Waals surface area contributed by atoms with Crippen molar-refractivity contribution in [1.82, 2.24) is 4.98 Å². The summed E-state index contributed by atoms with van der Waals surface area (Å²) in [5.41, 5.74) is 0.799. The molecule has 1 unspecified atom stereocenters. The molecule has 0 bridgehead atoms. The first-order chi connectivity index (χ1) is 10.5. The molecule has 1 aliphatic heterocycles. The summed E-state index contributed by atoms with van der Waals surface area (Å²) in [4.78, 5) is 31.3. The van der Waals surface area contributed by atoms with Gasteiger partial charge in [-0.3, -0.25) is 9.59 Å². The molecule has 2 heterocycles. The van der Waals surface area contributed by atoms with Crippen LogP contribution in [-0.2, 0) is 9.59 Å². The maximum atomic E-state index is 12.3. The zero-order chi connectivity index (χ0) is 15.7. The molecule has 1 aromatic carbocycles. The van der Waals surface area contributed by atoms with Crippen LogP contribution in [0.5, 0.6) is 0 Å². The zero-order valence-corrected chi connectivity index (χ0v) is 14.3. The summed E-state index contributed by atoms with van der Waals surface area (Å²) in [6.07, 6.45) is 1.94. The number of hydrogen-bond donors (Lipinski definition) is 1. The van der Waals surface area contributed by atoms with E-state index in [0.717, 1.165) is 15.0 Å². The monoisotopic (exact) mass is 379 g/mol. The molecule has 0 saturated carbocycles. The van der Waals surface area contributed by atoms with Crippen molar-refractivity contribution < 1.29 is 9.59 Å². The molecule has 22 heavy (non-hydrogen) atoms. The molecule has 2 aromatic rings. The molecule has 1 atom stereocenters. The molecule has 7 heteroatoms. The van der Waals surface area contributed by atoms with Crippen molar-refractivity contribution in [2.75, 3.05) is 16.8 Å². The average molecular weight is 380 g/mol. The highest BCUT2D eigenvalue weighted by atomic mass is 79.9. The number of thiazole rings is 1. The number of nitrogens with zero attached hydrogens (tertiary/aromatic N) is 2. The van der Waals surface area contributed by atoms with E-state index in [4.69, 9.17) is 0 Å². The Morgan fingerprint density at radius 3 is 2.91 bits per heavy atom. The van der Waals surface area contributed by atoms with Gasteiger partial charge in [-0.1, -0.05) is 12.1 Å². The standard InChI is InChI=1S/C15H14BrN3O2S/c1-9-7-17-15(22-9)18-14(21)10-6-13(20)19(8-10)12-5-3-2-4-11(12)16/h2-5,7,10H,6,8H2,1H3,(H,17,18,21). The third-order valence-corrected chi connectivity index (χ3v) is 4.99. The van der Waals surface area contributed by atoms with E-state index in [2.05, 4.69) is 26.2 Å². The number of benzene rings is 1. The molecule has 3 rings (SSSR count). The third kappa shape index (κ3) is 3.05. The molecule has 1 saturated heterocycles. The number of nitrogens with one attached hydrogen (secondary N) is 1. The van der Waals surface area contributed by atoms with E-state index >= 15 is 0 Å². The normalized spacial score (nSPS) is 17.8. The summed E-state index contributed by atoms with van der Waals surface area (Å²) >= 11 is 4.87. The second-order valence-electron chi connectivity index (χ2n) is 5.12. The molecule has 114 valence electrons. The first-order valence-electron chi connectivity index (χ1n) is 6.83. The summed E-state index contributed by atoms with van der Waals surface area (Å²) in [6.45, 7) is 2.32. The van der Waals surface area contributed by atoms with Gasteiger partial charge in [0.15, 0.2) is 5.13 Å². The summed E-state index contributed by atoms with van der Waals surface area (Å²) in [7, 11) is 0. The van der Waals surface area contributed by atoms with Crippen molar-refractivity contribution in [1.29, 1.82) is 0 Å². The van der Waals surface area contributed by atoms with Crippen LogP contribution in [0.15, 0.2) is 34.9 Å². The van der Waals surface area contributed by atoms with Gasteiger partial charge in [-0.05, 0) is 35.0 Å². The van der Waals surface area contributed by atoms with Gasteiger partial charge in [0, 0.05) is 28.5 Å². The van der Waals surface area contributed by atoms with Crippen molar-refractivity contribution in [3.05, 3.63) is 39.8 Å². The number of carbonyl (C=O) groups is 2. The summed E-state index contributed by atoms with van der Waals surface area (Å²) in [5, 5.41) is 3.37. The van der Waals surface area contributed by atoms with Crippen molar-refractivity contribution in [2.24, 2.45) is 5.92 Å². The lowest BCUT2D eigenvalue weighted by Crippen LogP contribution is -2.28. The van der Waals surface area contributed by atoms with E-state index in [1.807, 2.05) is 31.2 Å². The average Bonchev–Trinajstić information content (AvgIpc) is 3.06. The van der Waals surface area contributed by atoms with E-state index in [0.29, 0.717) is 11.7 Å². The Bertz CT molecular complexity index is 731. The van der Waals surface area contributed by atoms with Gasteiger partial charge in [0.1, 0.15) is 0 Å². The number of aryl methyl sites for hydroxylation is 1. The Hall–Kier alpha value is -1.73. The number of hydrogen-bond acceptors (Lipinski definition) is 4. The lowest BCUT2D eigenvalue weighted by atomic mass is 10.1. The Morgan fingerprint density at radius 1 is 1.45 bits per heavy atom. The van der Waals surface area contributed by atoms with E-state index in [1.165, 1.54) is 11.3 Å². The number of rotatable bonds is 3. The van der Waals surface area contributed by atoms with Crippen LogP contribution in [0.25, 0.3) is 0 Å². The van der Waals surface area contributed by atoms with Gasteiger partial charge >= 0.3 is 0 Å². The Morgan fingerprint density at radius 2 is 2.23 bits per heavy atom. The largest absolute Gasteiger partial charge is 0.310 e. The molecule has 1 fully saturated rings. The molecule has 1 N–H and O–H groups in total. The number of carbonyl (C=O) groups excluding carboxylic acids is 2. The number of halogens is 1. The van der Waals surface area contributed by atoms with Crippen molar-refractivity contribution in [2.45, 2.75) is 13.3 Å². The van der Waals surface area contributed by atoms with Crippen LogP contribution in [-0.4, -0.2) is 23.3 Å². The molecular weight excluding hydrogens is 366 g/mol. The van der Waals surface area contributed by atoms with Crippen LogP contribution in [0, 0.1) is 12.8 Å². The second-order valence-corrected chi connectivity index (χ2v) is 7.21. The minimum Gasteiger partial charge on any atom is -0.310 e. The Kier molecular flexibility index (Phi) is 4.26. The summed E-state index contributed by atoms with van der Waals surface area (Å²) in [6, 6.07) is 7.52. The van der Waals surface area contributed by atoms with Gasteiger partial charge in [0.25, 0.3) is 0 Å². The highest BCUT2D eigenvalue weighted by Gasteiger charge is 2.36. The summed E-state index contributed by atoms with van der Waals surface area (Å²) < 4.78 is 0.847. The quantitative estimate of drug-likeness (QED) is 0.890. The molecule has 1 aromatic heterocycles. The minimum absolute atomic E-state index is 0.0395. The highest BCUT2D eigenvalue weighted by molar-refractivity contribution is 9.10. The van der Waals surface area contributed by atoms with Gasteiger partial charge < -0.3 is 10.2 Å². The van der Waals surface area contributed by atoms with Crippen LogP contribution in [0.4, 0.5) is 10.8 Å². The van der Waals surface area contributed by atoms with Crippen LogP contribution < -0.4 is 10.2 Å².